The van der Waals surface area contributed by atoms with Crippen LogP contribution in [0.5, 0.6) is 0 Å². The first kappa shape index (κ1) is 8.83. The Labute approximate surface area is 81.4 Å². The molecule has 1 atom stereocenters. The van der Waals surface area contributed by atoms with Gasteiger partial charge in [-0.3, -0.25) is 0 Å². The zero-order valence-electron chi connectivity index (χ0n) is 7.81. The summed E-state index contributed by atoms with van der Waals surface area (Å²) in [6.07, 6.45) is 4.89. The van der Waals surface area contributed by atoms with E-state index in [4.69, 9.17) is 5.73 Å². The summed E-state index contributed by atoms with van der Waals surface area (Å²) in [4.78, 5) is 15.2. The largest absolute Gasteiger partial charge is 0.339 e. The van der Waals surface area contributed by atoms with Gasteiger partial charge in [0, 0.05) is 12.2 Å². The summed E-state index contributed by atoms with van der Waals surface area (Å²) >= 11 is 0. The van der Waals surface area contributed by atoms with Gasteiger partial charge in [0.05, 0.1) is 11.9 Å². The van der Waals surface area contributed by atoms with Crippen molar-refractivity contribution in [3.05, 3.63) is 30.5 Å². The van der Waals surface area contributed by atoms with Gasteiger partial charge in [-0.05, 0) is 13.0 Å². The van der Waals surface area contributed by atoms with Gasteiger partial charge in [0.15, 0.2) is 5.82 Å². The smallest absolute Gasteiger partial charge is 0.156 e. The Bertz CT molecular complexity index is 406. The lowest BCUT2D eigenvalue weighted by molar-refractivity contribution is 0.789. The highest BCUT2D eigenvalue weighted by Gasteiger charge is 2.06. The minimum atomic E-state index is -0.0434. The zero-order valence-corrected chi connectivity index (χ0v) is 7.81. The molecule has 2 heterocycles. The maximum absolute atomic E-state index is 5.70. The second-order valence-electron chi connectivity index (χ2n) is 3.07. The molecule has 3 N–H and O–H groups in total. The first-order chi connectivity index (χ1) is 6.77. The van der Waals surface area contributed by atoms with Crippen LogP contribution in [0.4, 0.5) is 0 Å². The van der Waals surface area contributed by atoms with E-state index in [0.29, 0.717) is 0 Å². The summed E-state index contributed by atoms with van der Waals surface area (Å²) in [6, 6.07) is 1.75. The summed E-state index contributed by atoms with van der Waals surface area (Å²) < 4.78 is 0. The van der Waals surface area contributed by atoms with E-state index < -0.39 is 0 Å². The fraction of sp³-hybridized carbons (Fsp3) is 0.222. The SMILES string of the molecule is CC(N)c1cnc(-c2ccncn2)[nH]1. The molecule has 2 aromatic heterocycles. The predicted octanol–water partition coefficient (Wildman–Crippen LogP) is 0.886. The second kappa shape index (κ2) is 3.55. The molecule has 5 heteroatoms. The first-order valence-electron chi connectivity index (χ1n) is 4.34. The Hall–Kier alpha value is -1.75. The zero-order chi connectivity index (χ0) is 9.97. The van der Waals surface area contributed by atoms with E-state index in [1.54, 1.807) is 18.5 Å². The Balaban J connectivity index is 2.34. The molecule has 0 radical (unpaired) electrons. The van der Waals surface area contributed by atoms with Crippen LogP contribution in [0.15, 0.2) is 24.8 Å². The number of nitrogens with two attached hydrogens (primary N) is 1. The number of aromatic nitrogens is 4. The number of imidazole rings is 1. The topological polar surface area (TPSA) is 80.5 Å². The van der Waals surface area contributed by atoms with Crippen LogP contribution in [0.1, 0.15) is 18.7 Å². The van der Waals surface area contributed by atoms with Crippen LogP contribution >= 0.6 is 0 Å². The van der Waals surface area contributed by atoms with Crippen molar-refractivity contribution in [2.45, 2.75) is 13.0 Å². The quantitative estimate of drug-likeness (QED) is 0.735. The fourth-order valence-electron chi connectivity index (χ4n) is 1.13. The number of nitrogens with zero attached hydrogens (tertiary/aromatic N) is 3. The van der Waals surface area contributed by atoms with Gasteiger partial charge in [-0.15, -0.1) is 0 Å². The summed E-state index contributed by atoms with van der Waals surface area (Å²) in [5.74, 6) is 0.722. The van der Waals surface area contributed by atoms with Crippen molar-refractivity contribution in [1.82, 2.24) is 19.9 Å². The van der Waals surface area contributed by atoms with Crippen LogP contribution in [-0.4, -0.2) is 19.9 Å². The lowest BCUT2D eigenvalue weighted by atomic mass is 10.3. The van der Waals surface area contributed by atoms with Crippen LogP contribution in [-0.2, 0) is 0 Å². The van der Waals surface area contributed by atoms with Gasteiger partial charge in [-0.25, -0.2) is 15.0 Å². The van der Waals surface area contributed by atoms with Crippen molar-refractivity contribution in [3.8, 4) is 11.5 Å². The molecule has 0 spiro atoms. The van der Waals surface area contributed by atoms with Gasteiger partial charge in [0.2, 0.25) is 0 Å². The molecule has 72 valence electrons. The fourth-order valence-corrected chi connectivity index (χ4v) is 1.13. The molecule has 0 bridgehead atoms. The number of hydrogen-bond donors (Lipinski definition) is 2. The standard InChI is InChI=1S/C9H11N5/c1-6(10)8-4-12-9(14-8)7-2-3-11-5-13-7/h2-6H,10H2,1H3,(H,12,14). The molecule has 0 aliphatic heterocycles. The van der Waals surface area contributed by atoms with Crippen molar-refractivity contribution in [1.29, 1.82) is 0 Å². The lowest BCUT2D eigenvalue weighted by Crippen LogP contribution is -2.04. The average molecular weight is 189 g/mol. The second-order valence-corrected chi connectivity index (χ2v) is 3.07. The summed E-state index contributed by atoms with van der Waals surface area (Å²) in [7, 11) is 0. The maximum atomic E-state index is 5.70. The molecule has 0 saturated carbocycles. The molecule has 0 aliphatic rings. The highest BCUT2D eigenvalue weighted by Crippen LogP contribution is 2.13. The Morgan fingerprint density at radius 1 is 1.43 bits per heavy atom. The molecule has 0 amide bonds. The van der Waals surface area contributed by atoms with E-state index in [9.17, 15) is 0 Å². The van der Waals surface area contributed by atoms with Gasteiger partial charge in [-0.1, -0.05) is 0 Å². The van der Waals surface area contributed by atoms with Gasteiger partial charge < -0.3 is 10.7 Å². The molecule has 2 rings (SSSR count). The van der Waals surface area contributed by atoms with Gasteiger partial charge >= 0.3 is 0 Å². The molecule has 0 aromatic carbocycles. The van der Waals surface area contributed by atoms with E-state index >= 15 is 0 Å². The van der Waals surface area contributed by atoms with Crippen LogP contribution in [0.3, 0.4) is 0 Å². The van der Waals surface area contributed by atoms with E-state index in [2.05, 4.69) is 19.9 Å². The monoisotopic (exact) mass is 189 g/mol. The number of rotatable bonds is 2. The van der Waals surface area contributed by atoms with E-state index in [1.165, 1.54) is 6.33 Å². The number of aromatic amines is 1. The first-order valence-corrected chi connectivity index (χ1v) is 4.34. The Morgan fingerprint density at radius 3 is 2.86 bits per heavy atom. The van der Waals surface area contributed by atoms with E-state index in [1.807, 2.05) is 6.92 Å². The van der Waals surface area contributed by atoms with Gasteiger partial charge in [0.25, 0.3) is 0 Å². The average Bonchev–Trinajstić information content (AvgIpc) is 2.68. The number of nitrogens with one attached hydrogen (secondary N) is 1. The lowest BCUT2D eigenvalue weighted by Gasteiger charge is -1.98. The van der Waals surface area contributed by atoms with Crippen LogP contribution in [0, 0.1) is 0 Å². The van der Waals surface area contributed by atoms with Crippen LogP contribution < -0.4 is 5.73 Å². The van der Waals surface area contributed by atoms with Crippen molar-refractivity contribution in [2.24, 2.45) is 5.73 Å². The van der Waals surface area contributed by atoms with E-state index in [-0.39, 0.29) is 6.04 Å². The molecular formula is C9H11N5. The molecule has 0 aliphatic carbocycles. The van der Waals surface area contributed by atoms with Crippen molar-refractivity contribution in [3.63, 3.8) is 0 Å². The molecule has 0 saturated heterocycles. The third-order valence-electron chi connectivity index (χ3n) is 1.91. The summed E-state index contributed by atoms with van der Waals surface area (Å²) in [6.45, 7) is 1.90. The molecule has 1 unspecified atom stereocenters. The van der Waals surface area contributed by atoms with Crippen molar-refractivity contribution < 1.29 is 0 Å². The summed E-state index contributed by atoms with van der Waals surface area (Å²) in [5, 5.41) is 0. The highest BCUT2D eigenvalue weighted by atomic mass is 15.0. The molecule has 14 heavy (non-hydrogen) atoms. The number of H-pyrrole nitrogens is 1. The normalized spacial score (nSPS) is 12.7. The minimum Gasteiger partial charge on any atom is -0.339 e. The van der Waals surface area contributed by atoms with Crippen LogP contribution in [0.25, 0.3) is 11.5 Å². The highest BCUT2D eigenvalue weighted by molar-refractivity contribution is 5.48. The predicted molar refractivity (Wildman–Crippen MR) is 52.2 cm³/mol. The molecular weight excluding hydrogens is 178 g/mol. The maximum Gasteiger partial charge on any atom is 0.156 e. The van der Waals surface area contributed by atoms with Crippen molar-refractivity contribution >= 4 is 0 Å². The molecule has 5 nitrogen and oxygen atoms in total. The van der Waals surface area contributed by atoms with Gasteiger partial charge in [0.1, 0.15) is 12.0 Å². The van der Waals surface area contributed by atoms with Crippen molar-refractivity contribution in [2.75, 3.05) is 0 Å². The van der Waals surface area contributed by atoms with Crippen LogP contribution in [0.2, 0.25) is 0 Å². The molecule has 0 fully saturated rings. The van der Waals surface area contributed by atoms with Gasteiger partial charge in [-0.2, -0.15) is 0 Å². The van der Waals surface area contributed by atoms with E-state index in [0.717, 1.165) is 17.2 Å². The molecule has 2 aromatic rings. The number of hydrogen-bond acceptors (Lipinski definition) is 4. The Kier molecular flexibility index (Phi) is 2.24. The minimum absolute atomic E-state index is 0.0434. The Morgan fingerprint density at radius 2 is 2.29 bits per heavy atom. The third-order valence-corrected chi connectivity index (χ3v) is 1.91. The third kappa shape index (κ3) is 1.62. The summed E-state index contributed by atoms with van der Waals surface area (Å²) in [5.41, 5.74) is 7.37.